The van der Waals surface area contributed by atoms with Gasteiger partial charge in [0.1, 0.15) is 0 Å². The monoisotopic (exact) mass is 292 g/mol. The van der Waals surface area contributed by atoms with Crippen molar-refractivity contribution < 1.29 is 8.85 Å². The summed E-state index contributed by atoms with van der Waals surface area (Å²) in [6, 6.07) is 0. The lowest BCUT2D eigenvalue weighted by Gasteiger charge is -2.39. The summed E-state index contributed by atoms with van der Waals surface area (Å²) in [4.78, 5) is 0. The van der Waals surface area contributed by atoms with E-state index in [4.69, 9.17) is 8.85 Å². The van der Waals surface area contributed by atoms with Crippen molar-refractivity contribution in [2.75, 3.05) is 0 Å². The summed E-state index contributed by atoms with van der Waals surface area (Å²) in [6.45, 7) is 22.8. The highest BCUT2D eigenvalue weighted by Gasteiger charge is 2.38. The van der Waals surface area contributed by atoms with Crippen LogP contribution in [0.1, 0.15) is 13.8 Å². The summed E-state index contributed by atoms with van der Waals surface area (Å²) in [5.41, 5.74) is 0.699. The molecule has 0 bridgehead atoms. The molecular weight excluding hydrogens is 260 g/mol. The minimum atomic E-state index is -1.74. The highest BCUT2D eigenvalue weighted by molar-refractivity contribution is 6.80. The van der Waals surface area contributed by atoms with E-state index in [0.717, 1.165) is 0 Å². The van der Waals surface area contributed by atoms with Gasteiger partial charge in [0.05, 0.1) is 13.8 Å². The van der Waals surface area contributed by atoms with Gasteiger partial charge >= 0.3 is 0 Å². The molecular formula is C12H32O2Si3. The van der Waals surface area contributed by atoms with E-state index < -0.39 is 24.7 Å². The molecule has 0 N–H and O–H groups in total. The minimum Gasteiger partial charge on any atom is -0.415 e. The molecule has 0 rings (SSSR count). The zero-order chi connectivity index (χ0) is 14.1. The van der Waals surface area contributed by atoms with Gasteiger partial charge < -0.3 is 8.85 Å². The third kappa shape index (κ3) is 6.91. The van der Waals surface area contributed by atoms with E-state index in [9.17, 15) is 0 Å². The molecule has 104 valence electrons. The predicted molar refractivity (Wildman–Crippen MR) is 85.3 cm³/mol. The van der Waals surface area contributed by atoms with Crippen LogP contribution in [0.25, 0.3) is 0 Å². The van der Waals surface area contributed by atoms with Crippen LogP contribution in [-0.2, 0) is 8.85 Å². The van der Waals surface area contributed by atoms with E-state index >= 15 is 0 Å². The summed E-state index contributed by atoms with van der Waals surface area (Å²) in [7, 11) is -4.41. The first-order chi connectivity index (χ1) is 7.26. The zero-order valence-electron chi connectivity index (χ0n) is 13.5. The third-order valence-electron chi connectivity index (χ3n) is 3.21. The van der Waals surface area contributed by atoms with Crippen LogP contribution in [-0.4, -0.2) is 36.2 Å². The van der Waals surface area contributed by atoms with Crippen LogP contribution < -0.4 is 0 Å². The van der Waals surface area contributed by atoms with Crippen molar-refractivity contribution in [3.63, 3.8) is 0 Å². The molecule has 5 heteroatoms. The maximum atomic E-state index is 6.41. The van der Waals surface area contributed by atoms with Crippen molar-refractivity contribution in [2.45, 2.75) is 77.7 Å². The van der Waals surface area contributed by atoms with E-state index in [-0.39, 0.29) is 5.73 Å². The Morgan fingerprint density at radius 1 is 0.647 bits per heavy atom. The summed E-state index contributed by atoms with van der Waals surface area (Å²) >= 11 is 0. The number of hydrogen-bond acceptors (Lipinski definition) is 2. The molecule has 0 radical (unpaired) electrons. The minimum absolute atomic E-state index is 0.285. The van der Waals surface area contributed by atoms with E-state index in [1.807, 2.05) is 0 Å². The predicted octanol–water partition coefficient (Wildman–Crippen LogP) is 4.25. The normalized spacial score (nSPS) is 18.0. The van der Waals surface area contributed by atoms with Gasteiger partial charge in [-0.3, -0.25) is 0 Å². The van der Waals surface area contributed by atoms with Gasteiger partial charge in [-0.25, -0.2) is 0 Å². The Morgan fingerprint density at radius 2 is 1.06 bits per heavy atom. The molecule has 0 saturated carbocycles. The van der Waals surface area contributed by atoms with E-state index in [0.29, 0.717) is 5.73 Å². The van der Waals surface area contributed by atoms with Crippen LogP contribution in [0.3, 0.4) is 0 Å². The van der Waals surface area contributed by atoms with Crippen LogP contribution in [0.2, 0.25) is 52.4 Å². The highest BCUT2D eigenvalue weighted by Crippen LogP contribution is 2.23. The molecule has 0 heterocycles. The Balaban J connectivity index is 4.57. The van der Waals surface area contributed by atoms with Crippen LogP contribution >= 0.6 is 0 Å². The highest BCUT2D eigenvalue weighted by atomic mass is 28.4. The molecule has 0 aromatic heterocycles. The zero-order valence-corrected chi connectivity index (χ0v) is 16.5. The Kier molecular flexibility index (Phi) is 5.88. The molecule has 2 unspecified atom stereocenters. The van der Waals surface area contributed by atoms with Gasteiger partial charge in [0, 0.05) is 5.73 Å². The van der Waals surface area contributed by atoms with Gasteiger partial charge in [-0.15, -0.1) is 0 Å². The Bertz CT molecular complexity index is 241. The summed E-state index contributed by atoms with van der Waals surface area (Å²) in [6.07, 6.45) is 0. The molecule has 0 aromatic carbocycles. The van der Waals surface area contributed by atoms with Crippen LogP contribution in [0.4, 0.5) is 0 Å². The maximum Gasteiger partial charge on any atom is 0.213 e. The van der Waals surface area contributed by atoms with Crippen molar-refractivity contribution in [1.29, 1.82) is 0 Å². The van der Waals surface area contributed by atoms with Gasteiger partial charge in [0.25, 0.3) is 0 Å². The molecule has 0 amide bonds. The fourth-order valence-corrected chi connectivity index (χ4v) is 8.09. The topological polar surface area (TPSA) is 18.5 Å². The average Bonchev–Trinajstić information content (AvgIpc) is 1.97. The number of hydrogen-bond donors (Lipinski definition) is 0. The van der Waals surface area contributed by atoms with Crippen molar-refractivity contribution in [1.82, 2.24) is 0 Å². The lowest BCUT2D eigenvalue weighted by Crippen LogP contribution is -2.54. The number of rotatable bonds is 6. The molecule has 0 aromatic rings. The lowest BCUT2D eigenvalue weighted by molar-refractivity contribution is 0.206. The molecule has 17 heavy (non-hydrogen) atoms. The van der Waals surface area contributed by atoms with Crippen molar-refractivity contribution in [2.24, 2.45) is 0 Å². The smallest absolute Gasteiger partial charge is 0.213 e. The fraction of sp³-hybridized carbons (Fsp3) is 1.00. The standard InChI is InChI=1S/C12H32O2Si3/c1-11(15(3,4)5)14-17(9,10)12(2)13-16(6,7)8/h11-12H,1-10H3. The van der Waals surface area contributed by atoms with Crippen molar-refractivity contribution in [3.8, 4) is 0 Å². The first-order valence-corrected chi connectivity index (χ1v) is 16.6. The summed E-state index contributed by atoms with van der Waals surface area (Å²) < 4.78 is 12.6. The quantitative estimate of drug-likeness (QED) is 0.681. The van der Waals surface area contributed by atoms with Crippen LogP contribution in [0.5, 0.6) is 0 Å². The Labute approximate surface area is 111 Å². The van der Waals surface area contributed by atoms with E-state index in [1.165, 1.54) is 0 Å². The molecule has 0 aliphatic rings. The van der Waals surface area contributed by atoms with Gasteiger partial charge in [-0.2, -0.15) is 0 Å². The first-order valence-electron chi connectivity index (χ1n) is 6.61. The molecule has 0 spiro atoms. The maximum absolute atomic E-state index is 6.41. The van der Waals surface area contributed by atoms with Gasteiger partial charge in [-0.05, 0) is 46.6 Å². The molecule has 2 atom stereocenters. The second-order valence-corrected chi connectivity index (χ2v) is 21.9. The largest absolute Gasteiger partial charge is 0.415 e. The van der Waals surface area contributed by atoms with Gasteiger partial charge in [0.15, 0.2) is 8.32 Å². The van der Waals surface area contributed by atoms with E-state index in [1.54, 1.807) is 0 Å². The fourth-order valence-electron chi connectivity index (χ4n) is 1.40. The molecule has 0 saturated heterocycles. The Hall–Kier alpha value is 0.571. The molecule has 0 aliphatic carbocycles. The first kappa shape index (κ1) is 17.6. The molecule has 2 nitrogen and oxygen atoms in total. The van der Waals surface area contributed by atoms with Crippen molar-refractivity contribution in [3.05, 3.63) is 0 Å². The van der Waals surface area contributed by atoms with E-state index in [2.05, 4.69) is 66.2 Å². The lowest BCUT2D eigenvalue weighted by atomic mass is 10.9. The van der Waals surface area contributed by atoms with Crippen LogP contribution in [0, 0.1) is 0 Å². The van der Waals surface area contributed by atoms with Gasteiger partial charge in [-0.1, -0.05) is 19.6 Å². The molecule has 0 aliphatic heterocycles. The molecule has 0 fully saturated rings. The SMILES string of the molecule is CC(O[Si](C)(C)C(C)O[Si](C)(C)C)[Si](C)(C)C. The van der Waals surface area contributed by atoms with Gasteiger partial charge in [0.2, 0.25) is 8.32 Å². The van der Waals surface area contributed by atoms with Crippen molar-refractivity contribution >= 4 is 24.7 Å². The van der Waals surface area contributed by atoms with Crippen LogP contribution in [0.15, 0.2) is 0 Å². The summed E-state index contributed by atoms with van der Waals surface area (Å²) in [5.74, 6) is 0. The second-order valence-electron chi connectivity index (χ2n) is 7.60. The Morgan fingerprint density at radius 3 is 1.35 bits per heavy atom. The average molecular weight is 293 g/mol. The second kappa shape index (κ2) is 5.69. The summed E-state index contributed by atoms with van der Waals surface area (Å²) in [5, 5.41) is 0. The third-order valence-corrected chi connectivity index (χ3v) is 10.3.